The van der Waals surface area contributed by atoms with Crippen LogP contribution in [0.2, 0.25) is 0 Å². The topological polar surface area (TPSA) is 47.7 Å². The predicted octanol–water partition coefficient (Wildman–Crippen LogP) is 2.27. The van der Waals surface area contributed by atoms with Gasteiger partial charge in [-0.25, -0.2) is 0 Å². The Kier molecular flexibility index (Phi) is 4.91. The molecule has 0 radical (unpaired) electrons. The molecule has 1 atom stereocenters. The number of rotatable bonds is 6. The Bertz CT molecular complexity index is 409. The molecule has 2 rings (SSSR count). The number of nitrogens with two attached hydrogens (primary N) is 1. The molecule has 106 valence electrons. The van der Waals surface area contributed by atoms with E-state index in [1.807, 2.05) is 12.1 Å². The van der Waals surface area contributed by atoms with Crippen molar-refractivity contribution in [3.05, 3.63) is 18.2 Å². The van der Waals surface area contributed by atoms with Gasteiger partial charge in [0.25, 0.3) is 0 Å². The van der Waals surface area contributed by atoms with E-state index >= 15 is 0 Å². The first-order valence-electron chi connectivity index (χ1n) is 6.95. The second kappa shape index (κ2) is 6.66. The molecule has 1 heterocycles. The maximum absolute atomic E-state index is 5.58. The summed E-state index contributed by atoms with van der Waals surface area (Å²) < 4.78 is 10.7. The van der Waals surface area contributed by atoms with Crippen LogP contribution in [0.15, 0.2) is 18.2 Å². The molecule has 1 saturated heterocycles. The molecule has 0 spiro atoms. The van der Waals surface area contributed by atoms with Gasteiger partial charge in [-0.05, 0) is 43.9 Å². The summed E-state index contributed by atoms with van der Waals surface area (Å²) in [6.45, 7) is 2.99. The summed E-state index contributed by atoms with van der Waals surface area (Å²) in [6.07, 6.45) is 3.60. The maximum Gasteiger partial charge on any atom is 0.145 e. The molecule has 0 aliphatic carbocycles. The van der Waals surface area contributed by atoms with E-state index in [9.17, 15) is 0 Å². The van der Waals surface area contributed by atoms with Crippen molar-refractivity contribution in [3.63, 3.8) is 0 Å². The number of hydrogen-bond acceptors (Lipinski definition) is 4. The predicted molar refractivity (Wildman–Crippen MR) is 78.2 cm³/mol. The molecule has 1 aliphatic rings. The molecule has 2 N–H and O–H groups in total. The minimum atomic E-state index is 0.760. The number of methoxy groups -OCH3 is 2. The molecule has 19 heavy (non-hydrogen) atoms. The third-order valence-corrected chi connectivity index (χ3v) is 3.83. The molecular formula is C15H24N2O2. The highest BCUT2D eigenvalue weighted by atomic mass is 16.5. The van der Waals surface area contributed by atoms with Crippen molar-refractivity contribution in [1.82, 2.24) is 0 Å². The van der Waals surface area contributed by atoms with Gasteiger partial charge < -0.3 is 20.1 Å². The molecule has 4 nitrogen and oxygen atoms in total. The quantitative estimate of drug-likeness (QED) is 0.856. The lowest BCUT2D eigenvalue weighted by atomic mass is 10.0. The van der Waals surface area contributed by atoms with Crippen LogP contribution in [-0.2, 0) is 0 Å². The van der Waals surface area contributed by atoms with Gasteiger partial charge >= 0.3 is 0 Å². The lowest BCUT2D eigenvalue weighted by Crippen LogP contribution is -2.20. The summed E-state index contributed by atoms with van der Waals surface area (Å²) in [7, 11) is 3.38. The summed E-state index contributed by atoms with van der Waals surface area (Å²) in [4.78, 5) is 2.40. The van der Waals surface area contributed by atoms with Crippen molar-refractivity contribution >= 4 is 5.69 Å². The van der Waals surface area contributed by atoms with E-state index in [1.165, 1.54) is 18.5 Å². The third kappa shape index (κ3) is 3.32. The van der Waals surface area contributed by atoms with Crippen LogP contribution in [-0.4, -0.2) is 33.9 Å². The van der Waals surface area contributed by atoms with Crippen molar-refractivity contribution in [2.24, 2.45) is 11.7 Å². The van der Waals surface area contributed by atoms with Crippen LogP contribution in [0.4, 0.5) is 5.69 Å². The van der Waals surface area contributed by atoms with E-state index in [0.29, 0.717) is 0 Å². The van der Waals surface area contributed by atoms with Gasteiger partial charge in [0.2, 0.25) is 0 Å². The molecule has 4 heteroatoms. The minimum Gasteiger partial charge on any atom is -0.497 e. The number of ether oxygens (including phenoxy) is 2. The zero-order valence-corrected chi connectivity index (χ0v) is 11.9. The molecule has 0 amide bonds. The first-order valence-corrected chi connectivity index (χ1v) is 6.95. The highest BCUT2D eigenvalue weighted by molar-refractivity contribution is 5.61. The first kappa shape index (κ1) is 14.0. The molecule has 0 saturated carbocycles. The molecule has 0 bridgehead atoms. The van der Waals surface area contributed by atoms with Crippen LogP contribution < -0.4 is 20.1 Å². The van der Waals surface area contributed by atoms with Crippen molar-refractivity contribution < 1.29 is 9.47 Å². The van der Waals surface area contributed by atoms with Crippen LogP contribution in [0, 0.1) is 5.92 Å². The number of nitrogens with zero attached hydrogens (tertiary/aromatic N) is 1. The fourth-order valence-corrected chi connectivity index (χ4v) is 2.74. The summed E-state index contributed by atoms with van der Waals surface area (Å²) >= 11 is 0. The van der Waals surface area contributed by atoms with Gasteiger partial charge in [0.1, 0.15) is 11.5 Å². The Morgan fingerprint density at radius 3 is 2.84 bits per heavy atom. The number of hydrogen-bond donors (Lipinski definition) is 1. The van der Waals surface area contributed by atoms with E-state index in [4.69, 9.17) is 15.2 Å². The average Bonchev–Trinajstić information content (AvgIpc) is 2.92. The summed E-state index contributed by atoms with van der Waals surface area (Å²) in [5.74, 6) is 2.48. The van der Waals surface area contributed by atoms with Gasteiger partial charge in [-0.1, -0.05) is 0 Å². The largest absolute Gasteiger partial charge is 0.497 e. The number of anilines is 1. The monoisotopic (exact) mass is 264 g/mol. The molecule has 1 fully saturated rings. The van der Waals surface area contributed by atoms with Crippen LogP contribution >= 0.6 is 0 Å². The zero-order valence-electron chi connectivity index (χ0n) is 11.9. The normalized spacial score (nSPS) is 18.7. The van der Waals surface area contributed by atoms with Crippen LogP contribution in [0.3, 0.4) is 0 Å². The van der Waals surface area contributed by atoms with Crippen molar-refractivity contribution in [3.8, 4) is 11.5 Å². The van der Waals surface area contributed by atoms with Crippen LogP contribution in [0.5, 0.6) is 11.5 Å². The summed E-state index contributed by atoms with van der Waals surface area (Å²) in [5.41, 5.74) is 6.75. The van der Waals surface area contributed by atoms with Crippen molar-refractivity contribution in [2.75, 3.05) is 38.8 Å². The third-order valence-electron chi connectivity index (χ3n) is 3.83. The summed E-state index contributed by atoms with van der Waals surface area (Å²) in [5, 5.41) is 0. The van der Waals surface area contributed by atoms with E-state index in [2.05, 4.69) is 11.0 Å². The maximum atomic E-state index is 5.58. The average molecular weight is 264 g/mol. The molecule has 1 unspecified atom stereocenters. The number of benzene rings is 1. The summed E-state index contributed by atoms with van der Waals surface area (Å²) in [6, 6.07) is 6.02. The molecule has 1 aliphatic heterocycles. The molecular weight excluding hydrogens is 240 g/mol. The van der Waals surface area contributed by atoms with Gasteiger partial charge in [0.05, 0.1) is 19.9 Å². The fourth-order valence-electron chi connectivity index (χ4n) is 2.74. The second-order valence-electron chi connectivity index (χ2n) is 5.07. The van der Waals surface area contributed by atoms with E-state index in [1.54, 1.807) is 14.2 Å². The van der Waals surface area contributed by atoms with E-state index in [0.717, 1.165) is 43.5 Å². The molecule has 1 aromatic carbocycles. The SMILES string of the molecule is COc1ccc(N2CCC(CCCN)C2)c(OC)c1. The van der Waals surface area contributed by atoms with Crippen LogP contribution in [0.25, 0.3) is 0 Å². The van der Waals surface area contributed by atoms with Gasteiger partial charge in [-0.2, -0.15) is 0 Å². The van der Waals surface area contributed by atoms with Gasteiger partial charge in [0.15, 0.2) is 0 Å². The van der Waals surface area contributed by atoms with Gasteiger partial charge in [0, 0.05) is 19.2 Å². The zero-order chi connectivity index (χ0) is 13.7. The fraction of sp³-hybridized carbons (Fsp3) is 0.600. The molecule has 1 aromatic rings. The minimum absolute atomic E-state index is 0.760. The van der Waals surface area contributed by atoms with E-state index in [-0.39, 0.29) is 0 Å². The van der Waals surface area contributed by atoms with Crippen molar-refractivity contribution in [1.29, 1.82) is 0 Å². The van der Waals surface area contributed by atoms with Gasteiger partial charge in [-0.3, -0.25) is 0 Å². The Morgan fingerprint density at radius 1 is 1.32 bits per heavy atom. The Morgan fingerprint density at radius 2 is 2.16 bits per heavy atom. The lowest BCUT2D eigenvalue weighted by Gasteiger charge is -2.21. The highest BCUT2D eigenvalue weighted by Crippen LogP contribution is 2.35. The van der Waals surface area contributed by atoms with Crippen molar-refractivity contribution in [2.45, 2.75) is 19.3 Å². The van der Waals surface area contributed by atoms with E-state index < -0.39 is 0 Å². The Balaban J connectivity index is 2.06. The lowest BCUT2D eigenvalue weighted by molar-refractivity contribution is 0.394. The van der Waals surface area contributed by atoms with Gasteiger partial charge in [-0.15, -0.1) is 0 Å². The Labute approximate surface area is 115 Å². The van der Waals surface area contributed by atoms with Crippen LogP contribution in [0.1, 0.15) is 19.3 Å². The highest BCUT2D eigenvalue weighted by Gasteiger charge is 2.24. The first-order chi connectivity index (χ1) is 9.28. The smallest absolute Gasteiger partial charge is 0.145 e. The second-order valence-corrected chi connectivity index (χ2v) is 5.07. The Hall–Kier alpha value is -1.42. The standard InChI is InChI=1S/C15H24N2O2/c1-18-13-5-6-14(15(10-13)19-2)17-9-7-12(11-17)4-3-8-16/h5-6,10,12H,3-4,7-9,11,16H2,1-2H3. The molecule has 0 aromatic heterocycles.